The second-order valence-corrected chi connectivity index (χ2v) is 5.10. The molecule has 0 bridgehead atoms. The molecule has 1 N–H and O–H groups in total. The van der Waals surface area contributed by atoms with Crippen LogP contribution in [0.5, 0.6) is 17.2 Å². The maximum absolute atomic E-state index is 9.68. The van der Waals surface area contributed by atoms with E-state index in [1.54, 1.807) is 13.2 Å². The van der Waals surface area contributed by atoms with Crippen molar-refractivity contribution < 1.29 is 14.6 Å². The summed E-state index contributed by atoms with van der Waals surface area (Å²) in [4.78, 5) is 2.30. The first kappa shape index (κ1) is 13.6. The minimum Gasteiger partial charge on any atom is -0.504 e. The normalized spacial score (nSPS) is 14.0. The van der Waals surface area contributed by atoms with Crippen molar-refractivity contribution in [2.75, 3.05) is 25.2 Å². The molecule has 0 saturated heterocycles. The zero-order valence-electron chi connectivity index (χ0n) is 12.1. The number of benzene rings is 2. The smallest absolute Gasteiger partial charge is 0.160 e. The highest BCUT2D eigenvalue weighted by Crippen LogP contribution is 2.33. The van der Waals surface area contributed by atoms with Crippen LogP contribution in [0.15, 0.2) is 42.5 Å². The molecule has 4 heteroatoms. The van der Waals surface area contributed by atoms with Gasteiger partial charge in [0, 0.05) is 13.1 Å². The number of fused-ring (bicyclic) bond motifs is 1. The average Bonchev–Trinajstić information content (AvgIpc) is 2.72. The Kier molecular flexibility index (Phi) is 3.86. The van der Waals surface area contributed by atoms with Crippen LogP contribution in [-0.4, -0.2) is 25.4 Å². The molecule has 1 aliphatic rings. The zero-order chi connectivity index (χ0) is 14.7. The first-order chi connectivity index (χ1) is 10.3. The lowest BCUT2D eigenvalue weighted by molar-refractivity contribution is 0.322. The third kappa shape index (κ3) is 2.89. The van der Waals surface area contributed by atoms with Gasteiger partial charge in [-0.05, 0) is 36.2 Å². The predicted octanol–water partition coefficient (Wildman–Crippen LogP) is 3.19. The molecule has 3 rings (SSSR count). The van der Waals surface area contributed by atoms with Crippen molar-refractivity contribution in [2.24, 2.45) is 0 Å². The Morgan fingerprint density at radius 1 is 1.24 bits per heavy atom. The molecule has 0 aliphatic carbocycles. The summed E-state index contributed by atoms with van der Waals surface area (Å²) < 4.78 is 10.9. The van der Waals surface area contributed by atoms with Crippen molar-refractivity contribution in [3.63, 3.8) is 0 Å². The van der Waals surface area contributed by atoms with Crippen LogP contribution < -0.4 is 14.4 Å². The molecule has 1 aliphatic heterocycles. The quantitative estimate of drug-likeness (QED) is 0.940. The molecule has 21 heavy (non-hydrogen) atoms. The molecule has 0 atom stereocenters. The van der Waals surface area contributed by atoms with Crippen LogP contribution in [0.25, 0.3) is 0 Å². The van der Waals surface area contributed by atoms with Gasteiger partial charge in [-0.2, -0.15) is 0 Å². The van der Waals surface area contributed by atoms with Crippen molar-refractivity contribution in [1.82, 2.24) is 0 Å². The SMILES string of the molecule is COc1cc(CN2CCCOc3ccccc32)ccc1O. The molecule has 110 valence electrons. The fraction of sp³-hybridized carbons (Fsp3) is 0.294. The van der Waals surface area contributed by atoms with Gasteiger partial charge in [-0.1, -0.05) is 18.2 Å². The molecule has 0 fully saturated rings. The maximum atomic E-state index is 9.68. The first-order valence-electron chi connectivity index (χ1n) is 7.10. The fourth-order valence-electron chi connectivity index (χ4n) is 2.60. The monoisotopic (exact) mass is 285 g/mol. The van der Waals surface area contributed by atoms with Gasteiger partial charge in [-0.3, -0.25) is 0 Å². The number of phenolic OH excluding ortho intramolecular Hbond substituents is 1. The maximum Gasteiger partial charge on any atom is 0.160 e. The van der Waals surface area contributed by atoms with Crippen molar-refractivity contribution in [2.45, 2.75) is 13.0 Å². The number of aromatic hydroxyl groups is 1. The van der Waals surface area contributed by atoms with E-state index in [9.17, 15) is 5.11 Å². The molecule has 0 amide bonds. The van der Waals surface area contributed by atoms with E-state index in [4.69, 9.17) is 9.47 Å². The molecule has 2 aromatic carbocycles. The second kappa shape index (κ2) is 5.95. The van der Waals surface area contributed by atoms with Crippen molar-refractivity contribution in [3.8, 4) is 17.2 Å². The number of ether oxygens (including phenoxy) is 2. The van der Waals surface area contributed by atoms with Crippen LogP contribution in [0.2, 0.25) is 0 Å². The molecule has 0 radical (unpaired) electrons. The summed E-state index contributed by atoms with van der Waals surface area (Å²) >= 11 is 0. The summed E-state index contributed by atoms with van der Waals surface area (Å²) in [5.74, 6) is 1.61. The molecule has 1 heterocycles. The van der Waals surface area contributed by atoms with Crippen LogP contribution in [0.3, 0.4) is 0 Å². The van der Waals surface area contributed by atoms with Crippen LogP contribution >= 0.6 is 0 Å². The lowest BCUT2D eigenvalue weighted by atomic mass is 10.1. The fourth-order valence-corrected chi connectivity index (χ4v) is 2.60. The van der Waals surface area contributed by atoms with E-state index >= 15 is 0 Å². The van der Waals surface area contributed by atoms with Crippen LogP contribution in [0, 0.1) is 0 Å². The lowest BCUT2D eigenvalue weighted by Crippen LogP contribution is -2.23. The Bertz CT molecular complexity index is 627. The van der Waals surface area contributed by atoms with E-state index in [-0.39, 0.29) is 5.75 Å². The van der Waals surface area contributed by atoms with E-state index in [0.717, 1.165) is 43.1 Å². The number of hydrogen-bond donors (Lipinski definition) is 1. The molecule has 2 aromatic rings. The molecule has 0 spiro atoms. The van der Waals surface area contributed by atoms with Crippen molar-refractivity contribution >= 4 is 5.69 Å². The average molecular weight is 285 g/mol. The van der Waals surface area contributed by atoms with Gasteiger partial charge in [0.1, 0.15) is 5.75 Å². The summed E-state index contributed by atoms with van der Waals surface area (Å²) in [6.45, 7) is 2.45. The summed E-state index contributed by atoms with van der Waals surface area (Å²) in [6, 6.07) is 13.6. The topological polar surface area (TPSA) is 41.9 Å². The Morgan fingerprint density at radius 3 is 2.95 bits per heavy atom. The van der Waals surface area contributed by atoms with Gasteiger partial charge in [0.25, 0.3) is 0 Å². The van der Waals surface area contributed by atoms with Gasteiger partial charge in [0.2, 0.25) is 0 Å². The summed E-state index contributed by atoms with van der Waals surface area (Å²) in [5.41, 5.74) is 2.21. The van der Waals surface area contributed by atoms with E-state index in [2.05, 4.69) is 11.0 Å². The summed E-state index contributed by atoms with van der Waals surface area (Å²) in [6.07, 6.45) is 0.990. The van der Waals surface area contributed by atoms with E-state index < -0.39 is 0 Å². The standard InChI is InChI=1S/C17H19NO3/c1-20-17-11-13(7-8-15(17)19)12-18-9-4-10-21-16-6-3-2-5-14(16)18/h2-3,5-8,11,19H,4,9-10,12H2,1H3. The largest absolute Gasteiger partial charge is 0.504 e. The highest BCUT2D eigenvalue weighted by molar-refractivity contribution is 5.59. The van der Waals surface area contributed by atoms with Crippen LogP contribution in [-0.2, 0) is 6.54 Å². The molecular formula is C17H19NO3. The summed E-state index contributed by atoms with van der Waals surface area (Å²) in [5, 5.41) is 9.68. The van der Waals surface area contributed by atoms with E-state index in [1.807, 2.05) is 30.3 Å². The summed E-state index contributed by atoms with van der Waals surface area (Å²) in [7, 11) is 1.56. The molecule has 4 nitrogen and oxygen atoms in total. The minimum absolute atomic E-state index is 0.167. The Morgan fingerprint density at radius 2 is 2.10 bits per heavy atom. The van der Waals surface area contributed by atoms with E-state index in [1.165, 1.54) is 0 Å². The number of para-hydroxylation sites is 2. The number of phenols is 1. The highest BCUT2D eigenvalue weighted by Gasteiger charge is 2.16. The van der Waals surface area contributed by atoms with Crippen LogP contribution in [0.1, 0.15) is 12.0 Å². The van der Waals surface area contributed by atoms with Gasteiger partial charge in [0.05, 0.1) is 19.4 Å². The van der Waals surface area contributed by atoms with Gasteiger partial charge < -0.3 is 19.5 Å². The Labute approximate surface area is 124 Å². The van der Waals surface area contributed by atoms with Gasteiger partial charge in [-0.25, -0.2) is 0 Å². The number of rotatable bonds is 3. The predicted molar refractivity (Wildman–Crippen MR) is 82.3 cm³/mol. The Hall–Kier alpha value is -2.36. The Balaban J connectivity index is 1.87. The molecular weight excluding hydrogens is 266 g/mol. The van der Waals surface area contributed by atoms with Crippen molar-refractivity contribution in [1.29, 1.82) is 0 Å². The number of hydrogen-bond acceptors (Lipinski definition) is 4. The van der Waals surface area contributed by atoms with Crippen LogP contribution in [0.4, 0.5) is 5.69 Å². The zero-order valence-corrected chi connectivity index (χ0v) is 12.1. The van der Waals surface area contributed by atoms with Gasteiger partial charge in [-0.15, -0.1) is 0 Å². The van der Waals surface area contributed by atoms with Gasteiger partial charge in [0.15, 0.2) is 11.5 Å². The number of anilines is 1. The van der Waals surface area contributed by atoms with Gasteiger partial charge >= 0.3 is 0 Å². The highest BCUT2D eigenvalue weighted by atomic mass is 16.5. The third-order valence-corrected chi connectivity index (χ3v) is 3.65. The molecule has 0 unspecified atom stereocenters. The third-order valence-electron chi connectivity index (χ3n) is 3.65. The number of methoxy groups -OCH3 is 1. The second-order valence-electron chi connectivity index (χ2n) is 5.10. The minimum atomic E-state index is 0.167. The number of nitrogens with zero attached hydrogens (tertiary/aromatic N) is 1. The van der Waals surface area contributed by atoms with E-state index in [0.29, 0.717) is 5.75 Å². The molecule has 0 aromatic heterocycles. The first-order valence-corrected chi connectivity index (χ1v) is 7.10. The molecule has 0 saturated carbocycles. The van der Waals surface area contributed by atoms with Crippen molar-refractivity contribution in [3.05, 3.63) is 48.0 Å². The lowest BCUT2D eigenvalue weighted by Gasteiger charge is -2.24.